The van der Waals surface area contributed by atoms with Crippen molar-refractivity contribution in [2.75, 3.05) is 13.2 Å². The lowest BCUT2D eigenvalue weighted by molar-refractivity contribution is -0.145. The van der Waals surface area contributed by atoms with Gasteiger partial charge in [-0.25, -0.2) is 0 Å². The van der Waals surface area contributed by atoms with Gasteiger partial charge in [0.1, 0.15) is 0 Å². The number of aryl methyl sites for hydroxylation is 1. The highest BCUT2D eigenvalue weighted by atomic mass is 16.5. The van der Waals surface area contributed by atoms with Crippen molar-refractivity contribution in [3.8, 4) is 0 Å². The van der Waals surface area contributed by atoms with Gasteiger partial charge in [-0.1, -0.05) is 49.6 Å². The highest BCUT2D eigenvalue weighted by Crippen LogP contribution is 2.14. The van der Waals surface area contributed by atoms with Crippen LogP contribution in [0.15, 0.2) is 42.6 Å². The first kappa shape index (κ1) is 22.7. The Morgan fingerprint density at radius 1 is 1.07 bits per heavy atom. The molecule has 0 fully saturated rings. The number of aromatic nitrogens is 1. The summed E-state index contributed by atoms with van der Waals surface area (Å²) in [4.78, 5) is 26.3. The van der Waals surface area contributed by atoms with Crippen molar-refractivity contribution in [1.29, 1.82) is 0 Å². The Kier molecular flexibility index (Phi) is 9.48. The molecule has 1 aromatic carbocycles. The standard InChI is InChI=1S/C24H34N2O3/c1-4-6-7-15-26(23(27)13-14-24(28)29-5-2)19-22-12-9-16-25(22)18-21-11-8-10-20(3)17-21/h8-12,16-17H,4-7,13-15,18-19H2,1-3H3. The minimum absolute atomic E-state index is 0.0115. The van der Waals surface area contributed by atoms with Gasteiger partial charge in [0, 0.05) is 31.4 Å². The van der Waals surface area contributed by atoms with Crippen LogP contribution >= 0.6 is 0 Å². The first-order valence-electron chi connectivity index (χ1n) is 10.7. The molecule has 0 saturated heterocycles. The Labute approximate surface area is 174 Å². The van der Waals surface area contributed by atoms with Crippen LogP contribution in [0.3, 0.4) is 0 Å². The molecule has 5 nitrogen and oxygen atoms in total. The topological polar surface area (TPSA) is 51.5 Å². The number of hydrogen-bond acceptors (Lipinski definition) is 3. The fourth-order valence-electron chi connectivity index (χ4n) is 3.39. The molecule has 0 bridgehead atoms. The molecule has 0 aliphatic rings. The fraction of sp³-hybridized carbons (Fsp3) is 0.500. The third-order valence-electron chi connectivity index (χ3n) is 4.94. The molecule has 2 aromatic rings. The molecule has 2 rings (SSSR count). The lowest BCUT2D eigenvalue weighted by atomic mass is 10.1. The van der Waals surface area contributed by atoms with Crippen molar-refractivity contribution in [3.05, 3.63) is 59.4 Å². The first-order chi connectivity index (χ1) is 14.0. The van der Waals surface area contributed by atoms with E-state index in [1.807, 2.05) is 11.0 Å². The number of carbonyl (C=O) groups excluding carboxylic acids is 2. The summed E-state index contributed by atoms with van der Waals surface area (Å²) in [6, 6.07) is 12.6. The van der Waals surface area contributed by atoms with Crippen LogP contribution in [0, 0.1) is 6.92 Å². The maximum absolute atomic E-state index is 12.8. The number of ether oxygens (including phenoxy) is 1. The zero-order chi connectivity index (χ0) is 21.1. The number of hydrogen-bond donors (Lipinski definition) is 0. The van der Waals surface area contributed by atoms with Crippen LogP contribution in [0.2, 0.25) is 0 Å². The second-order valence-corrected chi connectivity index (χ2v) is 7.44. The number of amides is 1. The van der Waals surface area contributed by atoms with E-state index in [-0.39, 0.29) is 24.7 Å². The van der Waals surface area contributed by atoms with Crippen LogP contribution < -0.4 is 0 Å². The van der Waals surface area contributed by atoms with Crippen LogP contribution in [-0.2, 0) is 27.4 Å². The van der Waals surface area contributed by atoms with E-state index >= 15 is 0 Å². The summed E-state index contributed by atoms with van der Waals surface area (Å²) >= 11 is 0. The lowest BCUT2D eigenvalue weighted by Gasteiger charge is -2.24. The van der Waals surface area contributed by atoms with E-state index in [2.05, 4.69) is 54.9 Å². The van der Waals surface area contributed by atoms with Crippen LogP contribution in [0.1, 0.15) is 62.8 Å². The maximum Gasteiger partial charge on any atom is 0.306 e. The van der Waals surface area contributed by atoms with Gasteiger partial charge in [0.25, 0.3) is 0 Å². The lowest BCUT2D eigenvalue weighted by Crippen LogP contribution is -2.32. The average molecular weight is 399 g/mol. The van der Waals surface area contributed by atoms with Gasteiger partial charge in [0.2, 0.25) is 5.91 Å². The molecular formula is C24H34N2O3. The van der Waals surface area contributed by atoms with Crippen LogP contribution in [0.5, 0.6) is 0 Å². The molecule has 0 unspecified atom stereocenters. The zero-order valence-electron chi connectivity index (χ0n) is 18.0. The molecule has 5 heteroatoms. The van der Waals surface area contributed by atoms with Crippen molar-refractivity contribution in [3.63, 3.8) is 0 Å². The number of carbonyl (C=O) groups is 2. The van der Waals surface area contributed by atoms with Gasteiger partial charge in [0.05, 0.1) is 19.6 Å². The second kappa shape index (κ2) is 12.1. The van der Waals surface area contributed by atoms with Gasteiger partial charge < -0.3 is 14.2 Å². The molecule has 1 heterocycles. The van der Waals surface area contributed by atoms with Gasteiger partial charge in [-0.05, 0) is 38.0 Å². The van der Waals surface area contributed by atoms with Crippen LogP contribution in [0.25, 0.3) is 0 Å². The first-order valence-corrected chi connectivity index (χ1v) is 10.7. The molecule has 0 aliphatic heterocycles. The molecule has 158 valence electrons. The average Bonchev–Trinajstić information content (AvgIpc) is 3.12. The molecule has 0 spiro atoms. The van der Waals surface area contributed by atoms with Crippen LogP contribution in [-0.4, -0.2) is 34.5 Å². The van der Waals surface area contributed by atoms with E-state index in [1.54, 1.807) is 6.92 Å². The van der Waals surface area contributed by atoms with Gasteiger partial charge >= 0.3 is 5.97 Å². The fourth-order valence-corrected chi connectivity index (χ4v) is 3.39. The molecule has 29 heavy (non-hydrogen) atoms. The van der Waals surface area contributed by atoms with E-state index in [4.69, 9.17) is 4.74 Å². The van der Waals surface area contributed by atoms with E-state index in [0.29, 0.717) is 19.7 Å². The molecular weight excluding hydrogens is 364 g/mol. The summed E-state index contributed by atoms with van der Waals surface area (Å²) in [7, 11) is 0. The van der Waals surface area contributed by atoms with Crippen molar-refractivity contribution >= 4 is 11.9 Å². The Hall–Kier alpha value is -2.56. The van der Waals surface area contributed by atoms with Crippen LogP contribution in [0.4, 0.5) is 0 Å². The van der Waals surface area contributed by atoms with E-state index in [9.17, 15) is 9.59 Å². The normalized spacial score (nSPS) is 10.7. The molecule has 0 N–H and O–H groups in total. The number of benzene rings is 1. The van der Waals surface area contributed by atoms with Crippen molar-refractivity contribution in [2.45, 2.75) is 66.0 Å². The van der Waals surface area contributed by atoms with Crippen molar-refractivity contribution < 1.29 is 14.3 Å². The Morgan fingerprint density at radius 2 is 1.90 bits per heavy atom. The molecule has 1 aromatic heterocycles. The summed E-state index contributed by atoms with van der Waals surface area (Å²) in [6.45, 7) is 8.43. The highest BCUT2D eigenvalue weighted by Gasteiger charge is 2.17. The van der Waals surface area contributed by atoms with E-state index < -0.39 is 0 Å². The van der Waals surface area contributed by atoms with E-state index in [1.165, 1.54) is 11.1 Å². The predicted molar refractivity (Wildman–Crippen MR) is 116 cm³/mol. The molecule has 1 amide bonds. The molecule has 0 radical (unpaired) electrons. The number of nitrogens with zero attached hydrogens (tertiary/aromatic N) is 2. The maximum atomic E-state index is 12.8. The summed E-state index contributed by atoms with van der Waals surface area (Å²) in [5, 5.41) is 0. The molecule has 0 atom stereocenters. The predicted octanol–water partition coefficient (Wildman–Crippen LogP) is 4.71. The molecule has 0 aliphatic carbocycles. The number of esters is 1. The third kappa shape index (κ3) is 7.76. The van der Waals surface area contributed by atoms with Crippen molar-refractivity contribution in [1.82, 2.24) is 9.47 Å². The summed E-state index contributed by atoms with van der Waals surface area (Å²) in [6.07, 6.45) is 5.57. The van der Waals surface area contributed by atoms with Gasteiger partial charge in [-0.2, -0.15) is 0 Å². The number of rotatable bonds is 12. The van der Waals surface area contributed by atoms with Gasteiger partial charge in [-0.15, -0.1) is 0 Å². The summed E-state index contributed by atoms with van der Waals surface area (Å²) in [5.41, 5.74) is 3.59. The third-order valence-corrected chi connectivity index (χ3v) is 4.94. The minimum Gasteiger partial charge on any atom is -0.466 e. The quantitative estimate of drug-likeness (QED) is 0.384. The van der Waals surface area contributed by atoms with Gasteiger partial charge in [0.15, 0.2) is 0 Å². The Balaban J connectivity index is 2.05. The number of unbranched alkanes of at least 4 members (excludes halogenated alkanes) is 2. The largest absolute Gasteiger partial charge is 0.466 e. The van der Waals surface area contributed by atoms with Gasteiger partial charge in [-0.3, -0.25) is 9.59 Å². The molecule has 0 saturated carbocycles. The summed E-state index contributed by atoms with van der Waals surface area (Å²) < 4.78 is 7.15. The Bertz CT molecular complexity index is 782. The van der Waals surface area contributed by atoms with E-state index in [0.717, 1.165) is 31.5 Å². The second-order valence-electron chi connectivity index (χ2n) is 7.44. The monoisotopic (exact) mass is 398 g/mol. The minimum atomic E-state index is -0.308. The highest BCUT2D eigenvalue weighted by molar-refractivity contribution is 5.81. The smallest absolute Gasteiger partial charge is 0.306 e. The zero-order valence-corrected chi connectivity index (χ0v) is 18.0. The summed E-state index contributed by atoms with van der Waals surface area (Å²) in [5.74, 6) is -0.297. The van der Waals surface area contributed by atoms with Crippen molar-refractivity contribution in [2.24, 2.45) is 0 Å². The SMILES string of the molecule is CCCCCN(Cc1cccn1Cc1cccc(C)c1)C(=O)CCC(=O)OCC. The Morgan fingerprint density at radius 3 is 2.62 bits per heavy atom.